The highest BCUT2D eigenvalue weighted by Gasteiger charge is 2.52. The summed E-state index contributed by atoms with van der Waals surface area (Å²) in [5.41, 5.74) is 0.676. The minimum atomic E-state index is -3.46. The Bertz CT molecular complexity index is 1690. The van der Waals surface area contributed by atoms with Gasteiger partial charge in [0.1, 0.15) is 5.82 Å². The Kier molecular flexibility index (Phi) is 10.8. The number of halogens is 1. The molecule has 50 heavy (non-hydrogen) atoms. The highest BCUT2D eigenvalue weighted by Crippen LogP contribution is 2.50. The van der Waals surface area contributed by atoms with Crippen LogP contribution in [0.3, 0.4) is 0 Å². The molecule has 2 aromatic carbocycles. The van der Waals surface area contributed by atoms with Gasteiger partial charge in [0.2, 0.25) is 5.91 Å². The molecule has 0 bridgehead atoms. The number of nitrogens with one attached hydrogen (secondary N) is 2. The minimum Gasteiger partial charge on any atom is -0.465 e. The first-order valence-corrected chi connectivity index (χ1v) is 19.5. The zero-order valence-corrected chi connectivity index (χ0v) is 29.3. The summed E-state index contributed by atoms with van der Waals surface area (Å²) < 4.78 is 41.3. The van der Waals surface area contributed by atoms with E-state index in [1.54, 1.807) is 18.2 Å². The summed E-state index contributed by atoms with van der Waals surface area (Å²) in [5, 5.41) is 25.5. The van der Waals surface area contributed by atoms with Crippen molar-refractivity contribution in [3.05, 3.63) is 72.6 Å². The van der Waals surface area contributed by atoms with E-state index in [-0.39, 0.29) is 35.6 Å². The summed E-state index contributed by atoms with van der Waals surface area (Å²) in [5.74, 6) is -0.395. The Hall–Kier alpha value is -3.95. The summed E-state index contributed by atoms with van der Waals surface area (Å²) in [6, 6.07) is 15.8. The molecule has 2 saturated carbocycles. The van der Waals surface area contributed by atoms with Crippen LogP contribution in [-0.4, -0.2) is 80.5 Å². The van der Waals surface area contributed by atoms with Crippen molar-refractivity contribution in [2.45, 2.75) is 85.4 Å². The fourth-order valence-electron chi connectivity index (χ4n) is 9.22. The largest absolute Gasteiger partial charge is 0.465 e. The monoisotopic (exact) mass is 705 g/mol. The second kappa shape index (κ2) is 15.1. The fraction of sp³-hybridized carbons (Fsp3) is 0.553. The number of hydrogen-bond acceptors (Lipinski definition) is 7. The number of nitrogens with zero attached hydrogens (tertiary/aromatic N) is 3. The first-order chi connectivity index (χ1) is 24.0. The first kappa shape index (κ1) is 35.9. The summed E-state index contributed by atoms with van der Waals surface area (Å²) in [6.45, 7) is 7.80. The van der Waals surface area contributed by atoms with Crippen molar-refractivity contribution in [3.8, 4) is 6.07 Å². The number of anilines is 1. The maximum atomic E-state index is 14.5. The Morgan fingerprint density at radius 3 is 2.32 bits per heavy atom. The Morgan fingerprint density at radius 1 is 1.00 bits per heavy atom. The van der Waals surface area contributed by atoms with Gasteiger partial charge in [0.05, 0.1) is 21.6 Å². The van der Waals surface area contributed by atoms with Crippen molar-refractivity contribution in [1.82, 2.24) is 15.5 Å². The average molecular weight is 706 g/mol. The highest BCUT2D eigenvalue weighted by molar-refractivity contribution is 7.92. The summed E-state index contributed by atoms with van der Waals surface area (Å²) in [4.78, 5) is 28.3. The number of amides is 2. The van der Waals surface area contributed by atoms with E-state index in [0.717, 1.165) is 64.1 Å². The smallest absolute Gasteiger partial charge is 0.404 e. The van der Waals surface area contributed by atoms with Crippen molar-refractivity contribution in [1.29, 1.82) is 5.26 Å². The van der Waals surface area contributed by atoms with E-state index >= 15 is 0 Å². The van der Waals surface area contributed by atoms with E-state index in [4.69, 9.17) is 0 Å². The van der Waals surface area contributed by atoms with Crippen LogP contribution >= 0.6 is 0 Å². The van der Waals surface area contributed by atoms with Crippen molar-refractivity contribution < 1.29 is 27.5 Å². The fourth-order valence-corrected chi connectivity index (χ4v) is 11.0. The van der Waals surface area contributed by atoms with Crippen molar-refractivity contribution in [2.75, 3.05) is 37.6 Å². The van der Waals surface area contributed by atoms with E-state index < -0.39 is 26.6 Å². The molecule has 3 N–H and O–H groups in total. The van der Waals surface area contributed by atoms with E-state index in [1.807, 2.05) is 18.2 Å². The molecular weight excluding hydrogens is 658 g/mol. The SMILES string of the molecule is C=CC(=O)NC1CCC(S(=O)(=O)c2ccc(N3CC(CN4CCC([C@@](C#N)(c5cccc(F)c5)[C@H]5CCC[C@@H]5NC(=O)O)CC4)C3)cc2)CC1. The normalized spacial score (nSPS) is 26.3. The number of carbonyl (C=O) groups is 2. The lowest BCUT2D eigenvalue weighted by molar-refractivity contribution is -0.117. The third-order valence-electron chi connectivity index (χ3n) is 11.8. The number of piperidine rings is 1. The van der Waals surface area contributed by atoms with Gasteiger partial charge in [-0.15, -0.1) is 0 Å². The lowest BCUT2D eigenvalue weighted by Gasteiger charge is -2.48. The standard InChI is InChI=1S/C38H48FN5O5S/c1-2-36(45)41-30-9-13-32(14-10-30)50(48,49)33-15-11-31(12-16-33)44-23-26(24-44)22-43-19-17-27(18-20-43)38(25-40,28-5-3-6-29(39)21-28)34-7-4-8-35(34)42-37(46)47/h2-3,5-6,11-12,15-16,21,26-27,30,32,34-35,42H,1,4,7-10,13-14,17-20,22-24H2,(H,41,45)(H,46,47)/t30?,32?,34-,35-,38-/m0/s1. The van der Waals surface area contributed by atoms with Crippen molar-refractivity contribution in [2.24, 2.45) is 17.8 Å². The predicted molar refractivity (Wildman–Crippen MR) is 189 cm³/mol. The molecule has 2 saturated heterocycles. The van der Waals surface area contributed by atoms with Crippen LogP contribution in [0.2, 0.25) is 0 Å². The third-order valence-corrected chi connectivity index (χ3v) is 14.1. The number of nitriles is 1. The molecule has 0 spiro atoms. The topological polar surface area (TPSA) is 143 Å². The van der Waals surface area contributed by atoms with Gasteiger partial charge in [-0.25, -0.2) is 17.6 Å². The summed E-state index contributed by atoms with van der Waals surface area (Å²) in [6.07, 6.45) is 6.21. The first-order valence-electron chi connectivity index (χ1n) is 17.9. The Morgan fingerprint density at radius 2 is 1.70 bits per heavy atom. The van der Waals surface area contributed by atoms with Gasteiger partial charge in [0.15, 0.2) is 9.84 Å². The molecule has 3 atom stereocenters. The second-order valence-corrected chi connectivity index (χ2v) is 16.9. The van der Waals surface area contributed by atoms with Gasteiger partial charge in [-0.3, -0.25) is 4.79 Å². The molecule has 2 aliphatic carbocycles. The number of carboxylic acid groups (broad SMARTS) is 1. The van der Waals surface area contributed by atoms with E-state index in [0.29, 0.717) is 48.5 Å². The maximum absolute atomic E-state index is 14.5. The van der Waals surface area contributed by atoms with Crippen LogP contribution in [0.4, 0.5) is 14.9 Å². The molecule has 0 radical (unpaired) electrons. The minimum absolute atomic E-state index is 0.0148. The van der Waals surface area contributed by atoms with Crippen LogP contribution in [0.15, 0.2) is 66.1 Å². The number of sulfone groups is 1. The van der Waals surface area contributed by atoms with Crippen LogP contribution in [0.5, 0.6) is 0 Å². The van der Waals surface area contributed by atoms with Gasteiger partial charge in [-0.2, -0.15) is 5.26 Å². The number of carbonyl (C=O) groups excluding carboxylic acids is 1. The Labute approximate surface area is 294 Å². The van der Waals surface area contributed by atoms with Gasteiger partial charge in [0.25, 0.3) is 0 Å². The van der Waals surface area contributed by atoms with Crippen molar-refractivity contribution >= 4 is 27.5 Å². The number of likely N-dealkylation sites (tertiary alicyclic amines) is 1. The molecule has 2 aliphatic heterocycles. The van der Waals surface area contributed by atoms with Crippen LogP contribution in [0.25, 0.3) is 0 Å². The molecule has 4 aliphatic rings. The van der Waals surface area contributed by atoms with Gasteiger partial charge in [-0.1, -0.05) is 25.1 Å². The quantitative estimate of drug-likeness (QED) is 0.269. The molecular formula is C38H48FN5O5S. The summed E-state index contributed by atoms with van der Waals surface area (Å²) in [7, 11) is -3.46. The molecule has 0 unspecified atom stereocenters. The Balaban J connectivity index is 1.02. The van der Waals surface area contributed by atoms with E-state index in [9.17, 15) is 32.8 Å². The molecule has 2 heterocycles. The van der Waals surface area contributed by atoms with Gasteiger partial charge in [-0.05, 0) is 118 Å². The number of rotatable bonds is 11. The van der Waals surface area contributed by atoms with Gasteiger partial charge in [0, 0.05) is 49.2 Å². The third kappa shape index (κ3) is 7.40. The van der Waals surface area contributed by atoms with Crippen molar-refractivity contribution in [3.63, 3.8) is 0 Å². The molecule has 268 valence electrons. The van der Waals surface area contributed by atoms with Crippen LogP contribution in [-0.2, 0) is 20.0 Å². The average Bonchev–Trinajstić information content (AvgIpc) is 3.55. The molecule has 0 aromatic heterocycles. The lowest BCUT2D eigenvalue weighted by Crippen LogP contribution is -2.55. The molecule has 10 nitrogen and oxygen atoms in total. The molecule has 2 amide bonds. The predicted octanol–water partition coefficient (Wildman–Crippen LogP) is 5.26. The highest BCUT2D eigenvalue weighted by atomic mass is 32.2. The number of benzene rings is 2. The number of hydrogen-bond donors (Lipinski definition) is 3. The molecule has 12 heteroatoms. The maximum Gasteiger partial charge on any atom is 0.404 e. The zero-order chi connectivity index (χ0) is 35.5. The second-order valence-electron chi connectivity index (χ2n) is 14.7. The van der Waals surface area contributed by atoms with Crippen LogP contribution in [0.1, 0.15) is 63.4 Å². The molecule has 4 fully saturated rings. The van der Waals surface area contributed by atoms with E-state index in [2.05, 4.69) is 33.1 Å². The zero-order valence-electron chi connectivity index (χ0n) is 28.5. The lowest BCUT2D eigenvalue weighted by atomic mass is 9.59. The van der Waals surface area contributed by atoms with Gasteiger partial charge < -0.3 is 25.5 Å². The van der Waals surface area contributed by atoms with Crippen LogP contribution < -0.4 is 15.5 Å². The van der Waals surface area contributed by atoms with Crippen LogP contribution in [0, 0.1) is 34.9 Å². The molecule has 6 rings (SSSR count). The summed E-state index contributed by atoms with van der Waals surface area (Å²) >= 11 is 0. The molecule has 2 aromatic rings. The van der Waals surface area contributed by atoms with E-state index in [1.165, 1.54) is 18.2 Å². The van der Waals surface area contributed by atoms with Gasteiger partial charge >= 0.3 is 6.09 Å².